The lowest BCUT2D eigenvalue weighted by molar-refractivity contribution is -0.137. The average Bonchev–Trinajstić information content (AvgIpc) is 3.46. The number of hydrogen-bond donors (Lipinski definition) is 2. The van der Waals surface area contributed by atoms with E-state index < -0.39 is 17.8 Å². The zero-order chi connectivity index (χ0) is 22.6. The van der Waals surface area contributed by atoms with Crippen molar-refractivity contribution in [1.82, 2.24) is 10.3 Å². The molecule has 1 aliphatic rings. The third-order valence-corrected chi connectivity index (χ3v) is 5.26. The molecule has 0 spiro atoms. The van der Waals surface area contributed by atoms with Crippen LogP contribution in [0, 0.1) is 0 Å². The average molecular weight is 444 g/mol. The maximum Gasteiger partial charge on any atom is 0.416 e. The Morgan fingerprint density at radius 1 is 1.09 bits per heavy atom. The molecule has 168 valence electrons. The van der Waals surface area contributed by atoms with Crippen molar-refractivity contribution >= 4 is 17.4 Å². The molecule has 9 heteroatoms. The molecule has 2 heterocycles. The van der Waals surface area contributed by atoms with Gasteiger partial charge in [-0.3, -0.25) is 0 Å². The molecule has 1 fully saturated rings. The van der Waals surface area contributed by atoms with E-state index in [1.165, 1.54) is 12.3 Å². The molecule has 2 aromatic carbocycles. The summed E-state index contributed by atoms with van der Waals surface area (Å²) in [5.41, 5.74) is 1.46. The fraction of sp³-hybridized carbons (Fsp3) is 0.304. The van der Waals surface area contributed by atoms with Crippen molar-refractivity contribution in [2.75, 3.05) is 29.9 Å². The minimum Gasteiger partial charge on any atom is -0.444 e. The molecule has 4 rings (SSSR count). The second-order valence-corrected chi connectivity index (χ2v) is 7.56. The summed E-state index contributed by atoms with van der Waals surface area (Å²) in [5, 5.41) is 5.25. The van der Waals surface area contributed by atoms with Crippen LogP contribution in [-0.2, 0) is 12.6 Å². The summed E-state index contributed by atoms with van der Waals surface area (Å²) in [6, 6.07) is 12.3. The van der Waals surface area contributed by atoms with E-state index >= 15 is 0 Å². The summed E-state index contributed by atoms with van der Waals surface area (Å²) in [6.07, 6.45) is -0.601. The summed E-state index contributed by atoms with van der Waals surface area (Å²) in [6.45, 7) is 1.75. The van der Waals surface area contributed by atoms with Crippen molar-refractivity contribution in [3.8, 4) is 11.5 Å². The van der Waals surface area contributed by atoms with Gasteiger partial charge < -0.3 is 20.0 Å². The van der Waals surface area contributed by atoms with Crippen LogP contribution in [-0.4, -0.2) is 30.6 Å². The van der Waals surface area contributed by atoms with Gasteiger partial charge in [-0.2, -0.15) is 13.2 Å². The van der Waals surface area contributed by atoms with Crippen LogP contribution in [0.1, 0.15) is 24.1 Å². The number of urea groups is 1. The number of amides is 2. The molecule has 6 nitrogen and oxygen atoms in total. The Balaban J connectivity index is 1.38. The molecule has 2 amide bonds. The van der Waals surface area contributed by atoms with Gasteiger partial charge in [0.2, 0.25) is 5.89 Å². The number of hydrogen-bond acceptors (Lipinski definition) is 4. The number of anilines is 2. The van der Waals surface area contributed by atoms with Crippen LogP contribution in [0.4, 0.5) is 29.3 Å². The Morgan fingerprint density at radius 3 is 2.56 bits per heavy atom. The molecule has 1 aromatic heterocycles. The number of rotatable bonds is 6. The Labute approximate surface area is 183 Å². The van der Waals surface area contributed by atoms with Crippen molar-refractivity contribution in [1.29, 1.82) is 0 Å². The first-order chi connectivity index (χ1) is 15.4. The summed E-state index contributed by atoms with van der Waals surface area (Å²) in [5.74, 6) is 0.490. The second-order valence-electron chi connectivity index (χ2n) is 7.56. The first-order valence-electron chi connectivity index (χ1n) is 10.4. The van der Waals surface area contributed by atoms with Crippen molar-refractivity contribution in [2.24, 2.45) is 0 Å². The highest BCUT2D eigenvalue weighted by Crippen LogP contribution is 2.36. The van der Waals surface area contributed by atoms with Gasteiger partial charge >= 0.3 is 12.2 Å². The summed E-state index contributed by atoms with van der Waals surface area (Å²) >= 11 is 0. The minimum absolute atomic E-state index is 0.145. The van der Waals surface area contributed by atoms with Gasteiger partial charge in [-0.05, 0) is 43.2 Å². The number of carbonyl (C=O) groups is 1. The maximum atomic E-state index is 13.2. The third kappa shape index (κ3) is 5.22. The number of alkyl halides is 3. The Bertz CT molecular complexity index is 1060. The van der Waals surface area contributed by atoms with Gasteiger partial charge in [0.05, 0.1) is 22.6 Å². The molecule has 0 bridgehead atoms. The van der Waals surface area contributed by atoms with Crippen LogP contribution < -0.4 is 15.5 Å². The van der Waals surface area contributed by atoms with E-state index in [1.807, 2.05) is 35.2 Å². The molecular formula is C23H23F3N4O2. The highest BCUT2D eigenvalue weighted by atomic mass is 19.4. The van der Waals surface area contributed by atoms with E-state index in [1.54, 1.807) is 0 Å². The lowest BCUT2D eigenvalue weighted by Crippen LogP contribution is -2.31. The molecule has 1 saturated heterocycles. The first kappa shape index (κ1) is 21.7. The molecule has 32 heavy (non-hydrogen) atoms. The summed E-state index contributed by atoms with van der Waals surface area (Å²) in [7, 11) is 0. The number of halogens is 3. The molecular weight excluding hydrogens is 421 g/mol. The number of aromatic nitrogens is 1. The van der Waals surface area contributed by atoms with Gasteiger partial charge in [0.1, 0.15) is 6.26 Å². The van der Waals surface area contributed by atoms with Crippen LogP contribution in [0.2, 0.25) is 0 Å². The van der Waals surface area contributed by atoms with Crippen molar-refractivity contribution in [2.45, 2.75) is 25.4 Å². The number of carbonyl (C=O) groups excluding carboxylic acids is 1. The Morgan fingerprint density at radius 2 is 1.84 bits per heavy atom. The van der Waals surface area contributed by atoms with E-state index in [2.05, 4.69) is 15.6 Å². The molecule has 0 radical (unpaired) electrons. The highest BCUT2D eigenvalue weighted by Gasteiger charge is 2.32. The van der Waals surface area contributed by atoms with Crippen LogP contribution in [0.15, 0.2) is 59.2 Å². The number of oxazole rings is 1. The predicted octanol–water partition coefficient (Wildman–Crippen LogP) is 5.32. The largest absolute Gasteiger partial charge is 0.444 e. The summed E-state index contributed by atoms with van der Waals surface area (Å²) < 4.78 is 45.0. The number of nitrogens with zero attached hydrogens (tertiary/aromatic N) is 2. The van der Waals surface area contributed by atoms with E-state index in [0.717, 1.165) is 43.6 Å². The minimum atomic E-state index is -4.49. The highest BCUT2D eigenvalue weighted by molar-refractivity contribution is 5.93. The van der Waals surface area contributed by atoms with E-state index in [-0.39, 0.29) is 12.2 Å². The molecule has 2 N–H and O–H groups in total. The monoisotopic (exact) mass is 444 g/mol. The normalized spacial score (nSPS) is 13.9. The third-order valence-electron chi connectivity index (χ3n) is 5.26. The van der Waals surface area contributed by atoms with Gasteiger partial charge in [0, 0.05) is 31.6 Å². The zero-order valence-electron chi connectivity index (χ0n) is 17.3. The molecule has 1 aliphatic heterocycles. The fourth-order valence-electron chi connectivity index (χ4n) is 3.65. The molecule has 0 saturated carbocycles. The van der Waals surface area contributed by atoms with E-state index in [4.69, 9.17) is 4.42 Å². The van der Waals surface area contributed by atoms with Crippen LogP contribution >= 0.6 is 0 Å². The van der Waals surface area contributed by atoms with Crippen molar-refractivity contribution < 1.29 is 22.4 Å². The van der Waals surface area contributed by atoms with Crippen LogP contribution in [0.5, 0.6) is 0 Å². The van der Waals surface area contributed by atoms with E-state index in [0.29, 0.717) is 23.7 Å². The molecule has 0 unspecified atom stereocenters. The first-order valence-corrected chi connectivity index (χ1v) is 10.4. The lowest BCUT2D eigenvalue weighted by atomic mass is 10.1. The Kier molecular flexibility index (Phi) is 6.34. The van der Waals surface area contributed by atoms with Crippen LogP contribution in [0.3, 0.4) is 0 Å². The molecule has 3 aromatic rings. The maximum absolute atomic E-state index is 13.2. The van der Waals surface area contributed by atoms with Gasteiger partial charge in [0.15, 0.2) is 0 Å². The van der Waals surface area contributed by atoms with Crippen molar-refractivity contribution in [3.63, 3.8) is 0 Å². The van der Waals surface area contributed by atoms with Gasteiger partial charge in [-0.1, -0.05) is 18.2 Å². The van der Waals surface area contributed by atoms with Crippen LogP contribution in [0.25, 0.3) is 11.5 Å². The fourth-order valence-corrected chi connectivity index (χ4v) is 3.65. The standard InChI is InChI=1S/C23H23F3N4O2/c24-23(25,26)17-8-9-20(30-12-4-5-13-30)19(14-17)29-22(31)27-11-10-18-15-32-21(28-18)16-6-2-1-3-7-16/h1-3,6-9,14-15H,4-5,10-13H2,(H2,27,29,31). The van der Waals surface area contributed by atoms with E-state index in [9.17, 15) is 18.0 Å². The van der Waals surface area contributed by atoms with Gasteiger partial charge in [-0.15, -0.1) is 0 Å². The Hall–Kier alpha value is -3.49. The van der Waals surface area contributed by atoms with Gasteiger partial charge in [0.25, 0.3) is 0 Å². The number of benzene rings is 2. The number of nitrogens with one attached hydrogen (secondary N) is 2. The SMILES string of the molecule is O=C(NCCc1coc(-c2ccccc2)n1)Nc1cc(C(F)(F)F)ccc1N1CCCC1. The predicted molar refractivity (Wildman–Crippen MR) is 116 cm³/mol. The zero-order valence-corrected chi connectivity index (χ0v) is 17.3. The molecule has 0 aliphatic carbocycles. The second kappa shape index (κ2) is 9.33. The lowest BCUT2D eigenvalue weighted by Gasteiger charge is -2.23. The smallest absolute Gasteiger partial charge is 0.416 e. The molecule has 0 atom stereocenters. The topological polar surface area (TPSA) is 70.4 Å². The quantitative estimate of drug-likeness (QED) is 0.540. The van der Waals surface area contributed by atoms with Gasteiger partial charge in [-0.25, -0.2) is 9.78 Å². The van der Waals surface area contributed by atoms with Crippen molar-refractivity contribution in [3.05, 3.63) is 66.1 Å². The summed E-state index contributed by atoms with van der Waals surface area (Å²) in [4.78, 5) is 18.8.